The first kappa shape index (κ1) is 13.0. The number of carbonyl (C=O) groups excluding carboxylic acids is 1. The van der Waals surface area contributed by atoms with E-state index in [2.05, 4.69) is 5.32 Å². The van der Waals surface area contributed by atoms with Gasteiger partial charge in [0.05, 0.1) is 12.3 Å². The maximum Gasteiger partial charge on any atom is 0.258 e. The van der Waals surface area contributed by atoms with Crippen LogP contribution in [-0.4, -0.2) is 12.5 Å². The van der Waals surface area contributed by atoms with Crippen LogP contribution in [0.15, 0.2) is 47.1 Å². The largest absolute Gasteiger partial charge is 0.484 e. The van der Waals surface area contributed by atoms with E-state index in [4.69, 9.17) is 14.9 Å². The summed E-state index contributed by atoms with van der Waals surface area (Å²) < 4.78 is 10.5. The highest BCUT2D eigenvalue weighted by Crippen LogP contribution is 2.15. The average molecular weight is 260 g/mol. The molecular weight excluding hydrogens is 244 g/mol. The van der Waals surface area contributed by atoms with Gasteiger partial charge in [-0.2, -0.15) is 0 Å². The van der Waals surface area contributed by atoms with Crippen molar-refractivity contribution in [2.24, 2.45) is 0 Å². The third-order valence-corrected chi connectivity index (χ3v) is 2.58. The lowest BCUT2D eigenvalue weighted by molar-refractivity contribution is -0.123. The van der Waals surface area contributed by atoms with Crippen LogP contribution in [0.1, 0.15) is 18.7 Å². The van der Waals surface area contributed by atoms with Crippen molar-refractivity contribution in [1.29, 1.82) is 0 Å². The molecular formula is C14H16N2O3. The molecule has 0 aliphatic rings. The van der Waals surface area contributed by atoms with Crippen molar-refractivity contribution in [2.75, 3.05) is 12.3 Å². The molecule has 1 amide bonds. The van der Waals surface area contributed by atoms with Gasteiger partial charge in [0.1, 0.15) is 11.5 Å². The molecule has 0 bridgehead atoms. The maximum absolute atomic E-state index is 11.7. The van der Waals surface area contributed by atoms with Gasteiger partial charge in [0.25, 0.3) is 5.91 Å². The van der Waals surface area contributed by atoms with Gasteiger partial charge in [-0.3, -0.25) is 4.79 Å². The minimum Gasteiger partial charge on any atom is -0.484 e. The van der Waals surface area contributed by atoms with Gasteiger partial charge in [-0.25, -0.2) is 0 Å². The predicted octanol–water partition coefficient (Wildman–Crippen LogP) is 2.12. The lowest BCUT2D eigenvalue weighted by Crippen LogP contribution is -2.31. The number of rotatable bonds is 5. The number of furan rings is 1. The first-order valence-electron chi connectivity index (χ1n) is 5.96. The molecule has 1 aromatic heterocycles. The SMILES string of the molecule is CC(NC(=O)COc1cccc(N)c1)c1ccco1. The Kier molecular flexibility index (Phi) is 4.07. The van der Waals surface area contributed by atoms with E-state index in [0.29, 0.717) is 17.2 Å². The molecule has 0 aliphatic heterocycles. The Morgan fingerprint density at radius 1 is 1.42 bits per heavy atom. The molecule has 3 N–H and O–H groups in total. The van der Waals surface area contributed by atoms with Gasteiger partial charge in [-0.15, -0.1) is 0 Å². The zero-order valence-electron chi connectivity index (χ0n) is 10.6. The van der Waals surface area contributed by atoms with Crippen LogP contribution in [0.3, 0.4) is 0 Å². The zero-order valence-corrected chi connectivity index (χ0v) is 10.6. The van der Waals surface area contributed by atoms with Crippen molar-refractivity contribution in [3.8, 4) is 5.75 Å². The molecule has 1 heterocycles. The van der Waals surface area contributed by atoms with Crippen LogP contribution in [-0.2, 0) is 4.79 Å². The molecule has 5 nitrogen and oxygen atoms in total. The van der Waals surface area contributed by atoms with E-state index in [1.165, 1.54) is 0 Å². The molecule has 19 heavy (non-hydrogen) atoms. The fourth-order valence-corrected chi connectivity index (χ4v) is 1.65. The van der Waals surface area contributed by atoms with Crippen molar-refractivity contribution >= 4 is 11.6 Å². The molecule has 5 heteroatoms. The lowest BCUT2D eigenvalue weighted by atomic mass is 10.2. The van der Waals surface area contributed by atoms with Gasteiger partial charge in [0.2, 0.25) is 0 Å². The summed E-state index contributed by atoms with van der Waals surface area (Å²) in [6.07, 6.45) is 1.57. The third kappa shape index (κ3) is 3.77. The maximum atomic E-state index is 11.7. The monoisotopic (exact) mass is 260 g/mol. The van der Waals surface area contributed by atoms with Gasteiger partial charge >= 0.3 is 0 Å². The summed E-state index contributed by atoms with van der Waals surface area (Å²) in [7, 11) is 0. The highest BCUT2D eigenvalue weighted by Gasteiger charge is 2.12. The number of benzene rings is 1. The quantitative estimate of drug-likeness (QED) is 0.807. The van der Waals surface area contributed by atoms with Crippen molar-refractivity contribution in [2.45, 2.75) is 13.0 Å². The minimum atomic E-state index is -0.216. The number of nitrogens with two attached hydrogens (primary N) is 1. The number of hydrogen-bond acceptors (Lipinski definition) is 4. The minimum absolute atomic E-state index is 0.0610. The number of anilines is 1. The van der Waals surface area contributed by atoms with Crippen LogP contribution in [0.4, 0.5) is 5.69 Å². The first-order valence-corrected chi connectivity index (χ1v) is 5.96. The summed E-state index contributed by atoms with van der Waals surface area (Å²) in [5, 5.41) is 2.78. The number of nitrogens with one attached hydrogen (secondary N) is 1. The van der Waals surface area contributed by atoms with Gasteiger partial charge in [-0.1, -0.05) is 6.07 Å². The fraction of sp³-hybridized carbons (Fsp3) is 0.214. The van der Waals surface area contributed by atoms with E-state index in [9.17, 15) is 4.79 Å². The molecule has 2 aromatic rings. The Morgan fingerprint density at radius 3 is 2.95 bits per heavy atom. The van der Waals surface area contributed by atoms with E-state index in [1.54, 1.807) is 36.6 Å². The average Bonchev–Trinajstić information content (AvgIpc) is 2.90. The Bertz CT molecular complexity index is 537. The van der Waals surface area contributed by atoms with Crippen LogP contribution in [0, 0.1) is 0 Å². The zero-order chi connectivity index (χ0) is 13.7. The molecule has 100 valence electrons. The Labute approximate surface area is 111 Å². The summed E-state index contributed by atoms with van der Waals surface area (Å²) in [6.45, 7) is 1.78. The van der Waals surface area contributed by atoms with Gasteiger partial charge in [-0.05, 0) is 31.2 Å². The van der Waals surface area contributed by atoms with Crippen molar-refractivity contribution in [1.82, 2.24) is 5.32 Å². The molecule has 1 unspecified atom stereocenters. The van der Waals surface area contributed by atoms with Crippen molar-refractivity contribution in [3.63, 3.8) is 0 Å². The van der Waals surface area contributed by atoms with Gasteiger partial charge in [0, 0.05) is 11.8 Å². The van der Waals surface area contributed by atoms with Crippen molar-refractivity contribution in [3.05, 3.63) is 48.4 Å². The van der Waals surface area contributed by atoms with E-state index >= 15 is 0 Å². The molecule has 1 aromatic carbocycles. The molecule has 0 radical (unpaired) electrons. The Morgan fingerprint density at radius 2 is 2.26 bits per heavy atom. The molecule has 0 spiro atoms. The van der Waals surface area contributed by atoms with Crippen LogP contribution >= 0.6 is 0 Å². The second kappa shape index (κ2) is 5.95. The molecule has 2 rings (SSSR count). The highest BCUT2D eigenvalue weighted by molar-refractivity contribution is 5.77. The van der Waals surface area contributed by atoms with Crippen molar-refractivity contribution < 1.29 is 13.9 Å². The molecule has 0 saturated carbocycles. The summed E-state index contributed by atoms with van der Waals surface area (Å²) in [6, 6.07) is 10.3. The topological polar surface area (TPSA) is 77.5 Å². The molecule has 0 fully saturated rings. The predicted molar refractivity (Wildman–Crippen MR) is 71.6 cm³/mol. The number of hydrogen-bond donors (Lipinski definition) is 2. The highest BCUT2D eigenvalue weighted by atomic mass is 16.5. The van der Waals surface area contributed by atoms with E-state index < -0.39 is 0 Å². The summed E-state index contributed by atoms with van der Waals surface area (Å²) in [5.41, 5.74) is 6.22. The third-order valence-electron chi connectivity index (χ3n) is 2.58. The number of amides is 1. The van der Waals surface area contributed by atoms with Crippen LogP contribution in [0.2, 0.25) is 0 Å². The Hall–Kier alpha value is -2.43. The number of carbonyl (C=O) groups is 1. The van der Waals surface area contributed by atoms with Gasteiger partial charge < -0.3 is 20.2 Å². The standard InChI is InChI=1S/C14H16N2O3/c1-10(13-6-3-7-18-13)16-14(17)9-19-12-5-2-4-11(15)8-12/h2-8,10H,9,15H2,1H3,(H,16,17). The number of nitrogen functional groups attached to an aromatic ring is 1. The summed E-state index contributed by atoms with van der Waals surface area (Å²) in [5.74, 6) is 1.06. The smallest absolute Gasteiger partial charge is 0.258 e. The van der Waals surface area contributed by atoms with Crippen LogP contribution < -0.4 is 15.8 Å². The first-order chi connectivity index (χ1) is 9.15. The molecule has 0 saturated heterocycles. The Balaban J connectivity index is 1.82. The summed E-state index contributed by atoms with van der Waals surface area (Å²) >= 11 is 0. The molecule has 0 aliphatic carbocycles. The second-order valence-electron chi connectivity index (χ2n) is 4.17. The van der Waals surface area contributed by atoms with E-state index in [0.717, 1.165) is 0 Å². The number of ether oxygens (including phenoxy) is 1. The van der Waals surface area contributed by atoms with E-state index in [-0.39, 0.29) is 18.6 Å². The van der Waals surface area contributed by atoms with E-state index in [1.807, 2.05) is 13.0 Å². The lowest BCUT2D eigenvalue weighted by Gasteiger charge is -2.12. The van der Waals surface area contributed by atoms with Crippen LogP contribution in [0.5, 0.6) is 5.75 Å². The fourth-order valence-electron chi connectivity index (χ4n) is 1.65. The normalized spacial score (nSPS) is 11.8. The second-order valence-corrected chi connectivity index (χ2v) is 4.17. The molecule has 1 atom stereocenters. The van der Waals surface area contributed by atoms with Gasteiger partial charge in [0.15, 0.2) is 6.61 Å². The van der Waals surface area contributed by atoms with Crippen LogP contribution in [0.25, 0.3) is 0 Å². The summed E-state index contributed by atoms with van der Waals surface area (Å²) in [4.78, 5) is 11.7.